The van der Waals surface area contributed by atoms with Gasteiger partial charge in [0.05, 0.1) is 13.2 Å². The van der Waals surface area contributed by atoms with E-state index >= 15 is 0 Å². The Morgan fingerprint density at radius 3 is 2.88 bits per heavy atom. The summed E-state index contributed by atoms with van der Waals surface area (Å²) in [5, 5.41) is 3.38. The first kappa shape index (κ1) is 17.8. The van der Waals surface area contributed by atoms with Gasteiger partial charge in [-0.05, 0) is 24.6 Å². The number of pyridine rings is 1. The summed E-state index contributed by atoms with van der Waals surface area (Å²) < 4.78 is 7.82. The van der Waals surface area contributed by atoms with Gasteiger partial charge >= 0.3 is 0 Å². The second-order valence-electron chi connectivity index (χ2n) is 5.68. The average Bonchev–Trinajstić information content (AvgIpc) is 2.99. The molecule has 0 saturated heterocycles. The molecule has 24 heavy (non-hydrogen) atoms. The minimum Gasteiger partial charge on any atom is -0.477 e. The molecule has 1 N–H and O–H groups in total. The van der Waals surface area contributed by atoms with Gasteiger partial charge in [-0.2, -0.15) is 0 Å². The van der Waals surface area contributed by atoms with Crippen LogP contribution in [0.25, 0.3) is 0 Å². The van der Waals surface area contributed by atoms with Gasteiger partial charge in [0, 0.05) is 51.3 Å². The average molecular weight is 329 g/mol. The highest BCUT2D eigenvalue weighted by Gasteiger charge is 2.10. The van der Waals surface area contributed by atoms with Gasteiger partial charge in [0.2, 0.25) is 5.88 Å². The van der Waals surface area contributed by atoms with Crippen LogP contribution in [-0.4, -0.2) is 41.1 Å². The van der Waals surface area contributed by atoms with Crippen molar-refractivity contribution in [2.24, 2.45) is 12.0 Å². The summed E-state index contributed by atoms with van der Waals surface area (Å²) in [4.78, 5) is 10.8. The van der Waals surface area contributed by atoms with E-state index in [0.717, 1.165) is 24.5 Å². The van der Waals surface area contributed by atoms with Gasteiger partial charge in [0.15, 0.2) is 5.96 Å². The molecule has 0 aliphatic heterocycles. The largest absolute Gasteiger partial charge is 0.477 e. The number of guanidine groups is 1. The van der Waals surface area contributed by atoms with Crippen molar-refractivity contribution in [2.45, 2.75) is 26.4 Å². The molecule has 0 fully saturated rings. The van der Waals surface area contributed by atoms with Crippen LogP contribution in [0.15, 0.2) is 41.7 Å². The topological polar surface area (TPSA) is 54.7 Å². The van der Waals surface area contributed by atoms with Gasteiger partial charge in [-0.1, -0.05) is 13.0 Å². The lowest BCUT2D eigenvalue weighted by atomic mass is 10.2. The van der Waals surface area contributed by atoms with Crippen LogP contribution >= 0.6 is 0 Å². The van der Waals surface area contributed by atoms with E-state index < -0.39 is 0 Å². The van der Waals surface area contributed by atoms with Crippen LogP contribution in [-0.2, 0) is 20.1 Å². The lowest BCUT2D eigenvalue weighted by Gasteiger charge is -2.22. The summed E-state index contributed by atoms with van der Waals surface area (Å²) in [7, 11) is 5.87. The van der Waals surface area contributed by atoms with Crippen LogP contribution in [0.2, 0.25) is 0 Å². The van der Waals surface area contributed by atoms with E-state index in [4.69, 9.17) is 4.74 Å². The fraction of sp³-hybridized carbons (Fsp3) is 0.444. The maximum Gasteiger partial charge on any atom is 0.218 e. The van der Waals surface area contributed by atoms with E-state index in [9.17, 15) is 0 Å². The lowest BCUT2D eigenvalue weighted by molar-refractivity contribution is 0.301. The highest BCUT2D eigenvalue weighted by Crippen LogP contribution is 2.14. The number of aryl methyl sites for hydroxylation is 1. The number of rotatable bonds is 7. The summed E-state index contributed by atoms with van der Waals surface area (Å²) in [5.41, 5.74) is 2.26. The van der Waals surface area contributed by atoms with E-state index in [1.54, 1.807) is 13.2 Å². The number of nitrogens with one attached hydrogen (secondary N) is 1. The van der Waals surface area contributed by atoms with Crippen molar-refractivity contribution in [2.75, 3.05) is 20.7 Å². The third-order valence-corrected chi connectivity index (χ3v) is 3.75. The number of aromatic nitrogens is 2. The maximum absolute atomic E-state index is 5.71. The molecule has 2 rings (SSSR count). The predicted molar refractivity (Wildman–Crippen MR) is 97.1 cm³/mol. The van der Waals surface area contributed by atoms with Crippen LogP contribution in [0.1, 0.15) is 24.6 Å². The van der Waals surface area contributed by atoms with Gasteiger partial charge in [-0.25, -0.2) is 4.98 Å². The maximum atomic E-state index is 5.71. The Morgan fingerprint density at radius 2 is 2.21 bits per heavy atom. The molecule has 6 heteroatoms. The van der Waals surface area contributed by atoms with Crippen molar-refractivity contribution in [1.82, 2.24) is 19.8 Å². The van der Waals surface area contributed by atoms with Crippen LogP contribution < -0.4 is 10.1 Å². The number of aliphatic imine (C=N–C) groups is 1. The van der Waals surface area contributed by atoms with E-state index in [1.807, 2.05) is 38.5 Å². The Morgan fingerprint density at radius 1 is 1.38 bits per heavy atom. The number of hydrogen-bond acceptors (Lipinski definition) is 3. The monoisotopic (exact) mass is 329 g/mol. The Balaban J connectivity index is 1.97. The number of hydrogen-bond donors (Lipinski definition) is 1. The van der Waals surface area contributed by atoms with Gasteiger partial charge < -0.3 is 19.5 Å². The first-order chi connectivity index (χ1) is 11.7. The Labute approximate surface area is 144 Å². The minimum absolute atomic E-state index is 0.622. The molecule has 0 radical (unpaired) electrons. The fourth-order valence-corrected chi connectivity index (χ4v) is 2.43. The molecule has 0 amide bonds. The van der Waals surface area contributed by atoms with E-state index in [1.165, 1.54) is 5.69 Å². The Hall–Kier alpha value is -2.50. The molecule has 0 aromatic carbocycles. The van der Waals surface area contributed by atoms with Crippen molar-refractivity contribution >= 4 is 5.96 Å². The summed E-state index contributed by atoms with van der Waals surface area (Å²) in [6, 6.07) is 8.11. The molecule has 0 aliphatic carbocycles. The lowest BCUT2D eigenvalue weighted by Crippen LogP contribution is -2.38. The third-order valence-electron chi connectivity index (χ3n) is 3.75. The highest BCUT2D eigenvalue weighted by molar-refractivity contribution is 5.79. The van der Waals surface area contributed by atoms with Crippen LogP contribution in [0, 0.1) is 0 Å². The molecular weight excluding hydrogens is 302 g/mol. The van der Waals surface area contributed by atoms with Crippen LogP contribution in [0.3, 0.4) is 0 Å². The second-order valence-corrected chi connectivity index (χ2v) is 5.68. The zero-order chi connectivity index (χ0) is 17.4. The quantitative estimate of drug-likeness (QED) is 0.626. The molecule has 2 aromatic rings. The summed E-state index contributed by atoms with van der Waals surface area (Å²) in [6.07, 6.45) is 4.77. The van der Waals surface area contributed by atoms with Crippen molar-refractivity contribution in [3.8, 4) is 5.88 Å². The van der Waals surface area contributed by atoms with E-state index in [0.29, 0.717) is 19.0 Å². The van der Waals surface area contributed by atoms with Crippen molar-refractivity contribution < 1.29 is 4.74 Å². The molecule has 0 unspecified atom stereocenters. The molecule has 6 nitrogen and oxygen atoms in total. The van der Waals surface area contributed by atoms with Crippen molar-refractivity contribution in [1.29, 1.82) is 0 Å². The Bertz CT molecular complexity index is 665. The standard InChI is InChI=1S/C18H27N5O/c1-5-12-24-17-15(8-6-10-20-17)13-21-18(19-2)23(4)14-16-9-7-11-22(16)3/h6-11H,5,12-14H2,1-4H3,(H,19,21). The second kappa shape index (κ2) is 8.96. The zero-order valence-electron chi connectivity index (χ0n) is 15.0. The summed E-state index contributed by atoms with van der Waals surface area (Å²) >= 11 is 0. The molecule has 2 aromatic heterocycles. The van der Waals surface area contributed by atoms with E-state index in [2.05, 4.69) is 37.8 Å². The molecule has 2 heterocycles. The summed E-state index contributed by atoms with van der Waals surface area (Å²) in [6.45, 7) is 4.17. The molecule has 0 aliphatic rings. The smallest absolute Gasteiger partial charge is 0.218 e. The number of ether oxygens (including phenoxy) is 1. The predicted octanol–water partition coefficient (Wildman–Crippen LogP) is 2.42. The normalized spacial score (nSPS) is 11.4. The molecule has 130 valence electrons. The van der Waals surface area contributed by atoms with Crippen LogP contribution in [0.5, 0.6) is 5.88 Å². The highest BCUT2D eigenvalue weighted by atomic mass is 16.5. The summed E-state index contributed by atoms with van der Waals surface area (Å²) in [5.74, 6) is 1.52. The zero-order valence-corrected chi connectivity index (χ0v) is 15.0. The SMILES string of the molecule is CCCOc1ncccc1CNC(=NC)N(C)Cc1cccn1C. The first-order valence-corrected chi connectivity index (χ1v) is 8.24. The number of nitrogens with zero attached hydrogens (tertiary/aromatic N) is 4. The molecule has 0 saturated carbocycles. The van der Waals surface area contributed by atoms with Crippen molar-refractivity contribution in [3.63, 3.8) is 0 Å². The van der Waals surface area contributed by atoms with Gasteiger partial charge in [0.25, 0.3) is 0 Å². The molecule has 0 bridgehead atoms. The van der Waals surface area contributed by atoms with Crippen LogP contribution in [0.4, 0.5) is 0 Å². The van der Waals surface area contributed by atoms with Gasteiger partial charge in [-0.3, -0.25) is 4.99 Å². The first-order valence-electron chi connectivity index (χ1n) is 8.24. The van der Waals surface area contributed by atoms with Gasteiger partial charge in [-0.15, -0.1) is 0 Å². The third kappa shape index (κ3) is 4.75. The molecular formula is C18H27N5O. The van der Waals surface area contributed by atoms with E-state index in [-0.39, 0.29) is 0 Å². The minimum atomic E-state index is 0.622. The fourth-order valence-electron chi connectivity index (χ4n) is 2.43. The molecule has 0 atom stereocenters. The Kier molecular flexibility index (Phi) is 6.66. The van der Waals surface area contributed by atoms with Crippen molar-refractivity contribution in [3.05, 3.63) is 47.9 Å². The molecule has 0 spiro atoms. The van der Waals surface area contributed by atoms with Gasteiger partial charge in [0.1, 0.15) is 0 Å².